The zero-order valence-electron chi connectivity index (χ0n) is 44.3. The van der Waals surface area contributed by atoms with Gasteiger partial charge < -0.3 is 4.42 Å². The molecule has 0 saturated carbocycles. The fourth-order valence-electron chi connectivity index (χ4n) is 6.48. The topological polar surface area (TPSA) is 13.1 Å². The molecular formula is C48H30O. The van der Waals surface area contributed by atoms with Crippen LogP contribution in [0.1, 0.15) is 26.0 Å². The van der Waals surface area contributed by atoms with Crippen molar-refractivity contribution in [3.8, 4) is 44.5 Å². The van der Waals surface area contributed by atoms with E-state index in [4.69, 9.17) is 16.8 Å². The SMILES string of the molecule is [2H]c1c([2H])c([2H])c(-c2c3c([2H])c([2H])c([2H])c([2H])c3c(-c3c([2H])c([2H])c4c([2H])c(-c5cccc6oc7ccc(-c8ccccc8)cc7c56)c([2H])c([2H])c4c3[2H])c3c([2H])c([2H])c([2H])c([2H])c23)c([2H])c1[2H]. The summed E-state index contributed by atoms with van der Waals surface area (Å²) < 4.78 is 179. The van der Waals surface area contributed by atoms with E-state index in [0.29, 0.717) is 27.5 Å². The number of benzene rings is 9. The molecule has 1 heteroatoms. The second-order valence-corrected chi connectivity index (χ2v) is 11.4. The van der Waals surface area contributed by atoms with Crippen molar-refractivity contribution in [3.05, 3.63) is 182 Å². The van der Waals surface area contributed by atoms with Crippen molar-refractivity contribution < 1.29 is 30.5 Å². The summed E-state index contributed by atoms with van der Waals surface area (Å²) in [7, 11) is 0. The highest BCUT2D eigenvalue weighted by Crippen LogP contribution is 2.45. The third-order valence-corrected chi connectivity index (χ3v) is 8.62. The number of hydrogen-bond acceptors (Lipinski definition) is 1. The Labute approximate surface area is 311 Å². The molecule has 0 atom stereocenters. The van der Waals surface area contributed by atoms with Crippen LogP contribution in [0.4, 0.5) is 0 Å². The van der Waals surface area contributed by atoms with Gasteiger partial charge in [0.15, 0.2) is 0 Å². The molecule has 0 unspecified atom stereocenters. The monoisotopic (exact) mass is 641 g/mol. The van der Waals surface area contributed by atoms with Gasteiger partial charge in [0.2, 0.25) is 0 Å². The molecule has 0 N–H and O–H groups in total. The molecule has 10 aromatic rings. The molecule has 49 heavy (non-hydrogen) atoms. The predicted molar refractivity (Wildman–Crippen MR) is 208 cm³/mol. The Morgan fingerprint density at radius 3 is 1.69 bits per heavy atom. The zero-order chi connectivity index (χ0) is 48.8. The van der Waals surface area contributed by atoms with Gasteiger partial charge in [0, 0.05) is 10.8 Å². The fourth-order valence-corrected chi connectivity index (χ4v) is 6.48. The van der Waals surface area contributed by atoms with Crippen LogP contribution in [0.3, 0.4) is 0 Å². The average Bonchev–Trinajstić information content (AvgIpc) is 3.71. The Kier molecular flexibility index (Phi) is 3.34. The summed E-state index contributed by atoms with van der Waals surface area (Å²) in [6.45, 7) is 0. The highest BCUT2D eigenvalue weighted by Gasteiger charge is 2.17. The van der Waals surface area contributed by atoms with Crippen molar-refractivity contribution >= 4 is 54.3 Å². The molecule has 0 saturated heterocycles. The van der Waals surface area contributed by atoms with Crippen molar-refractivity contribution in [2.45, 2.75) is 0 Å². The van der Waals surface area contributed by atoms with Crippen LogP contribution in [-0.4, -0.2) is 0 Å². The van der Waals surface area contributed by atoms with Gasteiger partial charge in [-0.3, -0.25) is 0 Å². The lowest BCUT2D eigenvalue weighted by Crippen LogP contribution is -1.90. The summed E-state index contributed by atoms with van der Waals surface area (Å²) in [5.74, 6) is 0. The molecule has 0 aliphatic carbocycles. The Hall–Kier alpha value is -6.44. The van der Waals surface area contributed by atoms with E-state index in [1.807, 2.05) is 42.5 Å². The van der Waals surface area contributed by atoms with E-state index in [9.17, 15) is 13.7 Å². The van der Waals surface area contributed by atoms with Crippen LogP contribution in [0, 0.1) is 0 Å². The lowest BCUT2D eigenvalue weighted by molar-refractivity contribution is 0.669. The second kappa shape index (κ2) is 11.1. The third-order valence-electron chi connectivity index (χ3n) is 8.62. The van der Waals surface area contributed by atoms with Gasteiger partial charge in [0.25, 0.3) is 0 Å². The Balaban J connectivity index is 1.38. The maximum atomic E-state index is 9.78. The van der Waals surface area contributed by atoms with E-state index in [-0.39, 0.29) is 10.9 Å². The van der Waals surface area contributed by atoms with E-state index in [0.717, 1.165) is 11.1 Å². The quantitative estimate of drug-likeness (QED) is 0.174. The van der Waals surface area contributed by atoms with Crippen LogP contribution < -0.4 is 0 Å². The second-order valence-electron chi connectivity index (χ2n) is 11.4. The van der Waals surface area contributed by atoms with Crippen LogP contribution in [0.2, 0.25) is 0 Å². The minimum atomic E-state index is -0.870. The molecule has 0 aliphatic rings. The van der Waals surface area contributed by atoms with E-state index in [2.05, 4.69) is 0 Å². The predicted octanol–water partition coefficient (Wildman–Crippen LogP) is 13.7. The van der Waals surface area contributed by atoms with E-state index >= 15 is 0 Å². The maximum absolute atomic E-state index is 9.78. The molecule has 1 aromatic heterocycles. The first-order valence-electron chi connectivity index (χ1n) is 24.8. The zero-order valence-corrected chi connectivity index (χ0v) is 25.3. The molecule has 0 fully saturated rings. The number of hydrogen-bond donors (Lipinski definition) is 0. The third kappa shape index (κ3) is 4.47. The lowest BCUT2D eigenvalue weighted by atomic mass is 9.85. The Morgan fingerprint density at radius 1 is 0.388 bits per heavy atom. The standard InChI is InChI=1S/C48H30O/c1-3-12-31(13-4-1)35-26-27-44-43(30-35)48-38(20-11-21-45(48)49-44)36-24-22-34-29-37(25-23-33(34)28-36)47-41-18-9-7-16-39(41)46(32-14-5-2-6-15-32)40-17-8-10-19-42(40)47/h1-30H/i2D,5D,6D,7D,8D,9D,10D,14D,15D,16D,17D,18D,19D,22D,23D,24D,25D,28D,29D. The molecule has 9 aromatic carbocycles. The average molecular weight is 642 g/mol. The number of fused-ring (bicyclic) bond motifs is 6. The first kappa shape index (κ1) is 14.8. The molecule has 0 amide bonds. The van der Waals surface area contributed by atoms with Gasteiger partial charge in [0.05, 0.1) is 26.0 Å². The smallest absolute Gasteiger partial charge is 0.136 e. The summed E-state index contributed by atoms with van der Waals surface area (Å²) in [5, 5.41) is -2.04. The lowest BCUT2D eigenvalue weighted by Gasteiger charge is -2.18. The van der Waals surface area contributed by atoms with Gasteiger partial charge in [0.1, 0.15) is 11.2 Å². The highest BCUT2D eigenvalue weighted by atomic mass is 16.3. The molecule has 228 valence electrons. The summed E-state index contributed by atoms with van der Waals surface area (Å²) >= 11 is 0. The first-order chi connectivity index (χ1) is 32.2. The van der Waals surface area contributed by atoms with E-state index in [1.165, 1.54) is 0 Å². The minimum absolute atomic E-state index is 0.108. The molecule has 10 rings (SSSR count). The van der Waals surface area contributed by atoms with Gasteiger partial charge in [-0.05, 0) is 107 Å². The first-order valence-corrected chi connectivity index (χ1v) is 15.3. The van der Waals surface area contributed by atoms with Crippen LogP contribution in [0.5, 0.6) is 0 Å². The van der Waals surface area contributed by atoms with Crippen LogP contribution in [0.15, 0.2) is 186 Å². The molecule has 0 bridgehead atoms. The number of furan rings is 1. The van der Waals surface area contributed by atoms with Crippen molar-refractivity contribution in [2.75, 3.05) is 0 Å². The van der Waals surface area contributed by atoms with Gasteiger partial charge >= 0.3 is 0 Å². The van der Waals surface area contributed by atoms with E-state index < -0.39 is 164 Å². The molecule has 0 radical (unpaired) electrons. The molecule has 0 spiro atoms. The maximum Gasteiger partial charge on any atom is 0.136 e. The summed E-state index contributed by atoms with van der Waals surface area (Å²) in [4.78, 5) is 0. The van der Waals surface area contributed by atoms with Crippen molar-refractivity contribution in [1.29, 1.82) is 0 Å². The molecule has 1 heterocycles. The summed E-state index contributed by atoms with van der Waals surface area (Å²) in [6.07, 6.45) is 0. The van der Waals surface area contributed by atoms with Crippen LogP contribution in [0.25, 0.3) is 98.8 Å². The van der Waals surface area contributed by atoms with Crippen molar-refractivity contribution in [3.63, 3.8) is 0 Å². The van der Waals surface area contributed by atoms with Gasteiger partial charge in [-0.25, -0.2) is 0 Å². The highest BCUT2D eigenvalue weighted by molar-refractivity contribution is 6.22. The van der Waals surface area contributed by atoms with Crippen molar-refractivity contribution in [1.82, 2.24) is 0 Å². The fraction of sp³-hybridized carbons (Fsp3) is 0. The van der Waals surface area contributed by atoms with Gasteiger partial charge in [-0.15, -0.1) is 0 Å². The van der Waals surface area contributed by atoms with Crippen LogP contribution >= 0.6 is 0 Å². The van der Waals surface area contributed by atoms with Crippen molar-refractivity contribution in [2.24, 2.45) is 0 Å². The van der Waals surface area contributed by atoms with E-state index in [1.54, 1.807) is 24.3 Å². The van der Waals surface area contributed by atoms with Crippen LogP contribution in [-0.2, 0) is 0 Å². The largest absolute Gasteiger partial charge is 0.456 e. The summed E-state index contributed by atoms with van der Waals surface area (Å²) in [5.41, 5.74) is 0.422. The summed E-state index contributed by atoms with van der Waals surface area (Å²) in [6, 6.07) is 4.99. The Bertz CT molecular complexity index is 3850. The van der Waals surface area contributed by atoms with Gasteiger partial charge in [-0.2, -0.15) is 0 Å². The normalized spacial score (nSPS) is 17.1. The minimum Gasteiger partial charge on any atom is -0.456 e. The van der Waals surface area contributed by atoms with Gasteiger partial charge in [-0.1, -0.05) is 151 Å². The molecular weight excluding hydrogens is 593 g/mol. The number of rotatable bonds is 4. The molecule has 0 aliphatic heterocycles. The molecule has 1 nitrogen and oxygen atoms in total. The Morgan fingerprint density at radius 2 is 1.00 bits per heavy atom.